The summed E-state index contributed by atoms with van der Waals surface area (Å²) in [7, 11) is 0. The van der Waals surface area contributed by atoms with Crippen LogP contribution in [0.15, 0.2) is 0 Å². The third kappa shape index (κ3) is 3.88. The minimum atomic E-state index is -0.903. The topological polar surface area (TPSA) is 63.3 Å². The van der Waals surface area contributed by atoms with Crippen LogP contribution in [0.25, 0.3) is 0 Å². The number of aliphatic carboxylic acids is 1. The molecule has 0 aromatic heterocycles. The second-order valence-corrected chi connectivity index (χ2v) is 7.88. The van der Waals surface area contributed by atoms with E-state index in [-0.39, 0.29) is 0 Å². The van der Waals surface area contributed by atoms with Gasteiger partial charge in [-0.2, -0.15) is 11.8 Å². The summed E-state index contributed by atoms with van der Waals surface area (Å²) in [6.45, 7) is 8.49. The Bertz CT molecular complexity index is 281. The summed E-state index contributed by atoms with van der Waals surface area (Å²) in [5, 5.41) is 9.56. The molecule has 1 fully saturated rings. The lowest BCUT2D eigenvalue weighted by Crippen LogP contribution is -2.48. The second kappa shape index (κ2) is 5.61. The molecule has 1 aliphatic rings. The summed E-state index contributed by atoms with van der Waals surface area (Å²) in [5.74, 6) is 0.626. The molecule has 100 valence electrons. The number of thioether (sulfide) groups is 1. The van der Waals surface area contributed by atoms with Gasteiger partial charge in [0.2, 0.25) is 0 Å². The molecule has 3 unspecified atom stereocenters. The molecule has 4 atom stereocenters. The zero-order valence-electron chi connectivity index (χ0n) is 11.3. The molecule has 0 heterocycles. The quantitative estimate of drug-likeness (QED) is 0.815. The average Bonchev–Trinajstić information content (AvgIpc) is 2.22. The third-order valence-corrected chi connectivity index (χ3v) is 5.66. The Labute approximate surface area is 109 Å². The van der Waals surface area contributed by atoms with E-state index < -0.39 is 16.8 Å². The number of hydrogen-bond acceptors (Lipinski definition) is 3. The van der Waals surface area contributed by atoms with Gasteiger partial charge in [-0.05, 0) is 44.9 Å². The third-order valence-electron chi connectivity index (χ3n) is 4.04. The van der Waals surface area contributed by atoms with Gasteiger partial charge in [0.25, 0.3) is 0 Å². The molecule has 1 saturated carbocycles. The van der Waals surface area contributed by atoms with Gasteiger partial charge in [0.05, 0.1) is 0 Å². The molecular formula is C13H25NO2S. The van der Waals surface area contributed by atoms with Crippen LogP contribution in [-0.4, -0.2) is 27.1 Å². The predicted octanol–water partition coefficient (Wildman–Crippen LogP) is 2.73. The van der Waals surface area contributed by atoms with Crippen LogP contribution in [0.5, 0.6) is 0 Å². The van der Waals surface area contributed by atoms with Crippen LogP contribution in [0.1, 0.15) is 47.0 Å². The van der Waals surface area contributed by atoms with Gasteiger partial charge >= 0.3 is 5.97 Å². The molecule has 0 amide bonds. The lowest BCUT2D eigenvalue weighted by atomic mass is 9.81. The molecule has 0 saturated heterocycles. The highest BCUT2D eigenvalue weighted by molar-refractivity contribution is 8.01. The molecule has 4 heteroatoms. The van der Waals surface area contributed by atoms with Crippen molar-refractivity contribution in [3.05, 3.63) is 0 Å². The Morgan fingerprint density at radius 3 is 2.41 bits per heavy atom. The van der Waals surface area contributed by atoms with Crippen LogP contribution in [0, 0.1) is 11.8 Å². The first-order chi connectivity index (χ1) is 7.74. The van der Waals surface area contributed by atoms with E-state index in [1.54, 1.807) is 11.8 Å². The molecule has 0 radical (unpaired) electrons. The van der Waals surface area contributed by atoms with Crippen LogP contribution in [0.2, 0.25) is 0 Å². The van der Waals surface area contributed by atoms with Crippen molar-refractivity contribution in [3.63, 3.8) is 0 Å². The Morgan fingerprint density at radius 2 is 1.94 bits per heavy atom. The molecule has 0 aromatic carbocycles. The molecule has 1 aliphatic carbocycles. The number of carboxylic acids is 1. The molecular weight excluding hydrogens is 234 g/mol. The fourth-order valence-corrected chi connectivity index (χ4v) is 4.17. The van der Waals surface area contributed by atoms with E-state index in [2.05, 4.69) is 13.8 Å². The minimum Gasteiger partial charge on any atom is -0.480 e. The van der Waals surface area contributed by atoms with Crippen LogP contribution < -0.4 is 5.73 Å². The van der Waals surface area contributed by atoms with E-state index in [9.17, 15) is 4.79 Å². The van der Waals surface area contributed by atoms with Crippen LogP contribution in [0.4, 0.5) is 0 Å². The first-order valence-corrected chi connectivity index (χ1v) is 7.28. The fourth-order valence-electron chi connectivity index (χ4n) is 2.41. The molecule has 0 spiro atoms. The van der Waals surface area contributed by atoms with E-state index in [4.69, 9.17) is 10.8 Å². The molecule has 1 rings (SSSR count). The number of rotatable bonds is 4. The van der Waals surface area contributed by atoms with Crippen molar-refractivity contribution < 1.29 is 9.90 Å². The van der Waals surface area contributed by atoms with Crippen molar-refractivity contribution in [3.8, 4) is 0 Å². The number of carboxylic acid groups (broad SMARTS) is 1. The predicted molar refractivity (Wildman–Crippen MR) is 73.2 cm³/mol. The smallest absolute Gasteiger partial charge is 0.321 e. The molecule has 0 bridgehead atoms. The molecule has 17 heavy (non-hydrogen) atoms. The number of carbonyl (C=O) groups is 1. The lowest BCUT2D eigenvalue weighted by Gasteiger charge is -2.37. The average molecular weight is 259 g/mol. The largest absolute Gasteiger partial charge is 0.480 e. The van der Waals surface area contributed by atoms with Gasteiger partial charge in [0.15, 0.2) is 0 Å². The van der Waals surface area contributed by atoms with Crippen molar-refractivity contribution in [2.75, 3.05) is 0 Å². The van der Waals surface area contributed by atoms with Gasteiger partial charge in [-0.25, -0.2) is 0 Å². The maximum atomic E-state index is 11.0. The van der Waals surface area contributed by atoms with Crippen LogP contribution in [-0.2, 0) is 4.79 Å². The monoisotopic (exact) mass is 259 g/mol. The van der Waals surface area contributed by atoms with Crippen molar-refractivity contribution in [1.29, 1.82) is 0 Å². The summed E-state index contributed by atoms with van der Waals surface area (Å²) < 4.78 is -0.392. The van der Waals surface area contributed by atoms with Gasteiger partial charge in [0.1, 0.15) is 6.04 Å². The van der Waals surface area contributed by atoms with Gasteiger partial charge < -0.3 is 10.8 Å². The molecule has 0 aliphatic heterocycles. The first kappa shape index (κ1) is 14.8. The van der Waals surface area contributed by atoms with Gasteiger partial charge in [-0.15, -0.1) is 0 Å². The normalized spacial score (nSPS) is 32.2. The van der Waals surface area contributed by atoms with Crippen molar-refractivity contribution in [2.24, 2.45) is 17.6 Å². The van der Waals surface area contributed by atoms with Crippen LogP contribution in [0.3, 0.4) is 0 Å². The summed E-state index contributed by atoms with van der Waals surface area (Å²) in [6.07, 6.45) is 3.62. The summed E-state index contributed by atoms with van der Waals surface area (Å²) in [4.78, 5) is 11.0. The van der Waals surface area contributed by atoms with Gasteiger partial charge in [-0.3, -0.25) is 4.79 Å². The fraction of sp³-hybridized carbons (Fsp3) is 0.923. The summed E-state index contributed by atoms with van der Waals surface area (Å²) in [5.41, 5.74) is 5.75. The lowest BCUT2D eigenvalue weighted by molar-refractivity contribution is -0.139. The Balaban J connectivity index is 2.56. The van der Waals surface area contributed by atoms with Crippen molar-refractivity contribution >= 4 is 17.7 Å². The maximum Gasteiger partial charge on any atom is 0.321 e. The summed E-state index contributed by atoms with van der Waals surface area (Å²) in [6, 6.07) is -0.790. The van der Waals surface area contributed by atoms with E-state index in [0.29, 0.717) is 5.25 Å². The molecule has 3 N–H and O–H groups in total. The standard InChI is InChI=1S/C13H25NO2S/c1-8-5-6-10(7-9(8)2)17-13(3,4)11(14)12(15)16/h8-11H,5-7,14H2,1-4H3,(H,15,16)/t8?,9?,10?,11-/m0/s1. The number of hydrogen-bond donors (Lipinski definition) is 2. The SMILES string of the molecule is CC1CCC(SC(C)(C)[C@@H](N)C(=O)O)CC1C. The maximum absolute atomic E-state index is 11.0. The van der Waals surface area contributed by atoms with Crippen molar-refractivity contribution in [2.45, 2.75) is 63.0 Å². The molecule has 3 nitrogen and oxygen atoms in total. The minimum absolute atomic E-state index is 0.392. The molecule has 0 aromatic rings. The van der Waals surface area contributed by atoms with E-state index in [1.807, 2.05) is 13.8 Å². The van der Waals surface area contributed by atoms with E-state index >= 15 is 0 Å². The Kier molecular flexibility index (Phi) is 4.90. The second-order valence-electron chi connectivity index (χ2n) is 5.93. The number of nitrogens with two attached hydrogens (primary N) is 1. The first-order valence-electron chi connectivity index (χ1n) is 6.40. The van der Waals surface area contributed by atoms with Gasteiger partial charge in [-0.1, -0.05) is 13.8 Å². The van der Waals surface area contributed by atoms with Crippen LogP contribution >= 0.6 is 11.8 Å². The summed E-state index contributed by atoms with van der Waals surface area (Å²) >= 11 is 1.76. The Hall–Kier alpha value is -0.220. The highest BCUT2D eigenvalue weighted by Gasteiger charge is 2.36. The highest BCUT2D eigenvalue weighted by atomic mass is 32.2. The zero-order chi connectivity index (χ0) is 13.2. The van der Waals surface area contributed by atoms with E-state index in [1.165, 1.54) is 19.3 Å². The zero-order valence-corrected chi connectivity index (χ0v) is 12.1. The Morgan fingerprint density at radius 1 is 1.35 bits per heavy atom. The van der Waals surface area contributed by atoms with Gasteiger partial charge in [0, 0.05) is 10.00 Å². The van der Waals surface area contributed by atoms with Crippen molar-refractivity contribution in [1.82, 2.24) is 0 Å². The van der Waals surface area contributed by atoms with E-state index in [0.717, 1.165) is 11.8 Å². The highest BCUT2D eigenvalue weighted by Crippen LogP contribution is 2.41.